The summed E-state index contributed by atoms with van der Waals surface area (Å²) in [6, 6.07) is 14.8. The van der Waals surface area contributed by atoms with E-state index >= 15 is 0 Å². The number of hydrogen-bond acceptors (Lipinski definition) is 4. The lowest BCUT2D eigenvalue weighted by molar-refractivity contribution is 0.0948. The van der Waals surface area contributed by atoms with Gasteiger partial charge in [-0.05, 0) is 63.5 Å². The lowest BCUT2D eigenvalue weighted by Crippen LogP contribution is -2.19. The number of rotatable bonds is 6. The van der Waals surface area contributed by atoms with Gasteiger partial charge < -0.3 is 4.74 Å². The molecule has 3 aromatic rings. The average Bonchev–Trinajstić information content (AvgIpc) is 3.04. The Balaban J connectivity index is 1.63. The Labute approximate surface area is 169 Å². The van der Waals surface area contributed by atoms with Gasteiger partial charge in [0.2, 0.25) is 0 Å². The van der Waals surface area contributed by atoms with Crippen LogP contribution in [0.3, 0.4) is 0 Å². The minimum Gasteiger partial charge on any atom is -0.497 e. The molecule has 0 unspecified atom stereocenters. The zero-order valence-corrected chi connectivity index (χ0v) is 16.7. The number of ether oxygens (including phenoxy) is 1. The number of hydrogen-bond donors (Lipinski definition) is 1. The zero-order valence-electron chi connectivity index (χ0n) is 14.4. The van der Waals surface area contributed by atoms with Crippen molar-refractivity contribution in [2.75, 3.05) is 7.11 Å². The molecule has 0 saturated heterocycles. The second-order valence-corrected chi connectivity index (χ2v) is 6.91. The summed E-state index contributed by atoms with van der Waals surface area (Å²) in [7, 11) is 1.60. The van der Waals surface area contributed by atoms with E-state index in [1.807, 2.05) is 48.5 Å². The lowest BCUT2D eigenvalue weighted by atomic mass is 10.2. The maximum atomic E-state index is 12.3. The largest absolute Gasteiger partial charge is 0.497 e. The SMILES string of the molecule is COc1ccc(C=NNC(=O)c2nn(Cc3ccc(Cl)cc3)cc2Br)cc1. The van der Waals surface area contributed by atoms with Gasteiger partial charge >= 0.3 is 0 Å². The van der Waals surface area contributed by atoms with Crippen molar-refractivity contribution < 1.29 is 9.53 Å². The molecule has 2 aromatic carbocycles. The number of aromatic nitrogens is 2. The molecule has 0 fully saturated rings. The Hall–Kier alpha value is -2.64. The van der Waals surface area contributed by atoms with Gasteiger partial charge in [-0.15, -0.1) is 0 Å². The highest BCUT2D eigenvalue weighted by Gasteiger charge is 2.14. The molecule has 0 aliphatic rings. The first kappa shape index (κ1) is 19.1. The molecule has 3 rings (SSSR count). The van der Waals surface area contributed by atoms with Crippen molar-refractivity contribution in [3.8, 4) is 5.75 Å². The second-order valence-electron chi connectivity index (χ2n) is 5.62. The molecule has 1 aromatic heterocycles. The monoisotopic (exact) mass is 446 g/mol. The third-order valence-electron chi connectivity index (χ3n) is 3.69. The van der Waals surface area contributed by atoms with E-state index in [0.717, 1.165) is 16.9 Å². The van der Waals surface area contributed by atoms with Crippen molar-refractivity contribution in [2.24, 2.45) is 5.10 Å². The molecule has 0 spiro atoms. The predicted molar refractivity (Wildman–Crippen MR) is 109 cm³/mol. The number of nitrogens with zero attached hydrogens (tertiary/aromatic N) is 3. The van der Waals surface area contributed by atoms with Crippen molar-refractivity contribution in [3.05, 3.63) is 81.0 Å². The van der Waals surface area contributed by atoms with Gasteiger partial charge in [-0.2, -0.15) is 10.2 Å². The van der Waals surface area contributed by atoms with Gasteiger partial charge in [0.05, 0.1) is 24.3 Å². The molecule has 0 saturated carbocycles. The summed E-state index contributed by atoms with van der Waals surface area (Å²) < 4.78 is 7.36. The molecular formula is C19H16BrClN4O2. The minimum absolute atomic E-state index is 0.260. The summed E-state index contributed by atoms with van der Waals surface area (Å²) in [4.78, 5) is 12.3. The van der Waals surface area contributed by atoms with Crippen molar-refractivity contribution in [3.63, 3.8) is 0 Å². The van der Waals surface area contributed by atoms with Gasteiger partial charge in [0.1, 0.15) is 5.75 Å². The fourth-order valence-corrected chi connectivity index (χ4v) is 2.94. The van der Waals surface area contributed by atoms with E-state index in [9.17, 15) is 4.79 Å². The van der Waals surface area contributed by atoms with E-state index < -0.39 is 5.91 Å². The minimum atomic E-state index is -0.401. The molecule has 1 N–H and O–H groups in total. The predicted octanol–water partition coefficient (Wildman–Crippen LogP) is 4.12. The highest BCUT2D eigenvalue weighted by atomic mass is 79.9. The standard InChI is InChI=1S/C19H16BrClN4O2/c1-27-16-8-4-13(5-9-16)10-22-23-19(26)18-17(20)12-25(24-18)11-14-2-6-15(21)7-3-14/h2-10,12H,11H2,1H3,(H,23,26). The maximum absolute atomic E-state index is 12.3. The molecule has 138 valence electrons. The number of carbonyl (C=O) groups is 1. The quantitative estimate of drug-likeness (QED) is 0.456. The van der Waals surface area contributed by atoms with Gasteiger partial charge in [-0.25, -0.2) is 5.43 Å². The van der Waals surface area contributed by atoms with Crippen LogP contribution in [0.5, 0.6) is 5.75 Å². The zero-order chi connectivity index (χ0) is 19.2. The maximum Gasteiger partial charge on any atom is 0.293 e. The van der Waals surface area contributed by atoms with Crippen LogP contribution in [0.4, 0.5) is 0 Å². The Bertz CT molecular complexity index is 953. The fraction of sp³-hybridized carbons (Fsp3) is 0.105. The van der Waals surface area contributed by atoms with Crippen molar-refractivity contribution in [2.45, 2.75) is 6.54 Å². The molecule has 1 heterocycles. The Kier molecular flexibility index (Phi) is 6.26. The second kappa shape index (κ2) is 8.83. The van der Waals surface area contributed by atoms with Crippen molar-refractivity contribution >= 4 is 39.7 Å². The van der Waals surface area contributed by atoms with E-state index in [-0.39, 0.29) is 5.69 Å². The van der Waals surface area contributed by atoms with Crippen molar-refractivity contribution in [1.29, 1.82) is 0 Å². The molecule has 0 atom stereocenters. The number of halogens is 2. The number of methoxy groups -OCH3 is 1. The summed E-state index contributed by atoms with van der Waals surface area (Å²) in [5.41, 5.74) is 4.60. The van der Waals surface area contributed by atoms with Crippen molar-refractivity contribution in [1.82, 2.24) is 15.2 Å². The van der Waals surface area contributed by atoms with Crippen LogP contribution in [0.15, 0.2) is 64.3 Å². The first-order valence-corrected chi connectivity index (χ1v) is 9.17. The first-order valence-electron chi connectivity index (χ1n) is 8.00. The van der Waals surface area contributed by atoms with Gasteiger partial charge in [0, 0.05) is 11.2 Å². The molecule has 1 amide bonds. The van der Waals surface area contributed by atoms with Crippen LogP contribution in [-0.2, 0) is 6.54 Å². The van der Waals surface area contributed by atoms with Crippen LogP contribution in [0.25, 0.3) is 0 Å². The molecule has 0 aliphatic heterocycles. The van der Waals surface area contributed by atoms with E-state index in [1.165, 1.54) is 0 Å². The smallest absolute Gasteiger partial charge is 0.293 e. The number of carbonyl (C=O) groups excluding carboxylic acids is 1. The molecule has 0 aliphatic carbocycles. The fourth-order valence-electron chi connectivity index (χ4n) is 2.32. The number of benzene rings is 2. The first-order chi connectivity index (χ1) is 13.0. The van der Waals surface area contributed by atoms with Crippen LogP contribution in [-0.4, -0.2) is 29.0 Å². The van der Waals surface area contributed by atoms with Crippen LogP contribution >= 0.6 is 27.5 Å². The summed E-state index contributed by atoms with van der Waals surface area (Å²) >= 11 is 9.26. The van der Waals surface area contributed by atoms with Gasteiger partial charge in [0.25, 0.3) is 5.91 Å². The molecular weight excluding hydrogens is 432 g/mol. The molecule has 6 nitrogen and oxygen atoms in total. The number of hydrazone groups is 1. The number of amides is 1. The summed E-state index contributed by atoms with van der Waals surface area (Å²) in [5, 5.41) is 8.95. The Morgan fingerprint density at radius 1 is 1.26 bits per heavy atom. The lowest BCUT2D eigenvalue weighted by Gasteiger charge is -2.02. The topological polar surface area (TPSA) is 68.5 Å². The van der Waals surface area contributed by atoms with E-state index in [4.69, 9.17) is 16.3 Å². The van der Waals surface area contributed by atoms with E-state index in [2.05, 4.69) is 31.6 Å². The summed E-state index contributed by atoms with van der Waals surface area (Å²) in [6.45, 7) is 0.526. The molecule has 0 bridgehead atoms. The van der Waals surface area contributed by atoms with Crippen LogP contribution in [0.2, 0.25) is 5.02 Å². The van der Waals surface area contributed by atoms with E-state index in [1.54, 1.807) is 24.2 Å². The van der Waals surface area contributed by atoms with Crippen LogP contribution in [0, 0.1) is 0 Å². The normalized spacial score (nSPS) is 10.9. The highest BCUT2D eigenvalue weighted by molar-refractivity contribution is 9.10. The molecule has 27 heavy (non-hydrogen) atoms. The molecule has 8 heteroatoms. The average molecular weight is 448 g/mol. The molecule has 0 radical (unpaired) electrons. The highest BCUT2D eigenvalue weighted by Crippen LogP contribution is 2.17. The Morgan fingerprint density at radius 3 is 2.63 bits per heavy atom. The van der Waals surface area contributed by atoms with Gasteiger partial charge in [-0.1, -0.05) is 23.7 Å². The number of nitrogens with one attached hydrogen (secondary N) is 1. The van der Waals surface area contributed by atoms with E-state index in [0.29, 0.717) is 16.0 Å². The third-order valence-corrected chi connectivity index (χ3v) is 4.52. The summed E-state index contributed by atoms with van der Waals surface area (Å²) in [6.07, 6.45) is 3.30. The van der Waals surface area contributed by atoms with Gasteiger partial charge in [0.15, 0.2) is 5.69 Å². The van der Waals surface area contributed by atoms with Crippen LogP contribution < -0.4 is 10.2 Å². The van der Waals surface area contributed by atoms with Gasteiger partial charge in [-0.3, -0.25) is 9.48 Å². The van der Waals surface area contributed by atoms with Crippen LogP contribution in [0.1, 0.15) is 21.6 Å². The third kappa shape index (κ3) is 5.18. The summed E-state index contributed by atoms with van der Waals surface area (Å²) in [5.74, 6) is 0.354. The Morgan fingerprint density at radius 2 is 1.96 bits per heavy atom.